The van der Waals surface area contributed by atoms with E-state index in [1.807, 2.05) is 6.07 Å². The summed E-state index contributed by atoms with van der Waals surface area (Å²) >= 11 is -0.312. The van der Waals surface area contributed by atoms with Crippen LogP contribution in [0.1, 0.15) is 108 Å². The number of rotatable bonds is 19. The molecule has 2 rings (SSSR count). The fraction of sp³-hybridized carbons (Fsp3) is 0.625. The summed E-state index contributed by atoms with van der Waals surface area (Å²) in [7, 11) is 10.4. The van der Waals surface area contributed by atoms with Crippen molar-refractivity contribution >= 4 is 28.3 Å². The molecule has 0 spiro atoms. The smallest absolute Gasteiger partial charge is 0.345 e. The largest absolute Gasteiger partial charge is 0.505 e. The molecule has 0 aliphatic heterocycles. The Balaban J connectivity index is 0.000000566. The summed E-state index contributed by atoms with van der Waals surface area (Å²) in [5.74, 6) is 0. The number of hydrogen-bond donors (Lipinski definition) is 0. The first-order valence-electron chi connectivity index (χ1n) is 14.5. The lowest BCUT2D eigenvalue weighted by molar-refractivity contribution is -0.903. The van der Waals surface area contributed by atoms with Crippen molar-refractivity contribution in [3.05, 3.63) is 71.8 Å². The molecule has 0 aliphatic rings. The summed E-state index contributed by atoms with van der Waals surface area (Å²) in [5, 5.41) is 0. The van der Waals surface area contributed by atoms with Crippen molar-refractivity contribution in [2.75, 3.05) is 20.6 Å². The first-order valence-corrected chi connectivity index (χ1v) is 17.7. The Morgan fingerprint density at radius 3 is 1.40 bits per heavy atom. The second-order valence-electron chi connectivity index (χ2n) is 10.8. The topological polar surface area (TPSA) is 0 Å². The van der Waals surface area contributed by atoms with Crippen LogP contribution in [0.2, 0.25) is 0 Å². The Labute approximate surface area is 232 Å². The zero-order valence-corrected chi connectivity index (χ0v) is 25.5. The second-order valence-corrected chi connectivity index (χ2v) is 12.8. The van der Waals surface area contributed by atoms with Crippen LogP contribution in [0.15, 0.2) is 60.7 Å². The lowest BCUT2D eigenvalue weighted by Crippen LogP contribution is -2.39. The van der Waals surface area contributed by atoms with Crippen LogP contribution < -0.4 is 0 Å². The maximum Gasteiger partial charge on any atom is 0.505 e. The first-order chi connectivity index (χ1) is 17.1. The molecular formula is C32H53ClMgN+. The van der Waals surface area contributed by atoms with Gasteiger partial charge in [0.2, 0.25) is 0 Å². The van der Waals surface area contributed by atoms with Gasteiger partial charge in [-0.1, -0.05) is 155 Å². The molecule has 0 fully saturated rings. The maximum absolute atomic E-state index is 5.67. The summed E-state index contributed by atoms with van der Waals surface area (Å²) < 4.78 is 2.23. The first kappa shape index (κ1) is 32.5. The van der Waals surface area contributed by atoms with Gasteiger partial charge in [-0.25, -0.2) is 0 Å². The standard InChI is InChI=1S/C25H46N.C7H7.ClH.Mg/c1-4-5-6-7-8-9-10-11-12-13-14-15-16-20-23-26(2,3)24-25-21-18-17-19-22-25;1-7-5-3-2-4-6-7;;/h17-19,21-22H,4-16,20,23-24H2,1-3H3;2-6H,1H2;1H;/q+1;;;+1/p-1. The lowest BCUT2D eigenvalue weighted by atomic mass is 10.0. The quantitative estimate of drug-likeness (QED) is 0.100. The van der Waals surface area contributed by atoms with Crippen molar-refractivity contribution in [1.82, 2.24) is 0 Å². The highest BCUT2D eigenvalue weighted by Crippen LogP contribution is 2.15. The zero-order chi connectivity index (χ0) is 25.5. The third kappa shape index (κ3) is 20.2. The van der Waals surface area contributed by atoms with Crippen LogP contribution in [-0.4, -0.2) is 44.4 Å². The van der Waals surface area contributed by atoms with Crippen LogP contribution in [0.25, 0.3) is 0 Å². The van der Waals surface area contributed by atoms with Crippen molar-refractivity contribution in [3.63, 3.8) is 0 Å². The second kappa shape index (κ2) is 22.6. The summed E-state index contributed by atoms with van der Waals surface area (Å²) in [6, 6.07) is 21.3. The summed E-state index contributed by atoms with van der Waals surface area (Å²) in [6.07, 6.45) is 20.2. The fourth-order valence-electron chi connectivity index (χ4n) is 4.64. The molecular weight excluding hydrogens is 458 g/mol. The Bertz CT molecular complexity index is 689. The molecule has 194 valence electrons. The SMILES string of the molecule is CCCCCCCCCCCCCCCC[N+](C)(C)Cc1ccccc1.[Cl][Mg][CH2]c1ccccc1. The van der Waals surface area contributed by atoms with Crippen LogP contribution in [0.5, 0.6) is 0 Å². The summed E-state index contributed by atoms with van der Waals surface area (Å²) in [5.41, 5.74) is 2.84. The maximum atomic E-state index is 5.67. The minimum absolute atomic E-state index is 0.312. The molecule has 0 atom stereocenters. The van der Waals surface area contributed by atoms with Gasteiger partial charge in [0.1, 0.15) is 6.54 Å². The lowest BCUT2D eigenvalue weighted by Gasteiger charge is -2.30. The highest BCUT2D eigenvalue weighted by Gasteiger charge is 2.14. The van der Waals surface area contributed by atoms with Gasteiger partial charge < -0.3 is 13.6 Å². The number of quaternary nitrogens is 1. The Kier molecular flexibility index (Phi) is 21.0. The molecule has 3 heteroatoms. The molecule has 0 bridgehead atoms. The van der Waals surface area contributed by atoms with Gasteiger partial charge in [0.05, 0.1) is 20.6 Å². The van der Waals surface area contributed by atoms with E-state index in [2.05, 4.69) is 75.6 Å². The Morgan fingerprint density at radius 2 is 0.971 bits per heavy atom. The predicted octanol–water partition coefficient (Wildman–Crippen LogP) is 9.79. The third-order valence-electron chi connectivity index (χ3n) is 6.80. The van der Waals surface area contributed by atoms with Crippen LogP contribution in [-0.2, 0) is 11.1 Å². The van der Waals surface area contributed by atoms with Gasteiger partial charge >= 0.3 is 19.3 Å². The number of nitrogens with zero attached hydrogens (tertiary/aromatic N) is 1. The Morgan fingerprint density at radius 1 is 0.571 bits per heavy atom. The van der Waals surface area contributed by atoms with Crippen LogP contribution in [0, 0.1) is 0 Å². The van der Waals surface area contributed by atoms with Crippen molar-refractivity contribution < 1.29 is 4.48 Å². The molecule has 0 aliphatic carbocycles. The summed E-state index contributed by atoms with van der Waals surface area (Å²) in [4.78, 5) is 0. The number of unbranched alkanes of at least 4 members (excludes halogenated alkanes) is 13. The third-order valence-corrected chi connectivity index (χ3v) is 8.13. The normalized spacial score (nSPS) is 11.0. The van der Waals surface area contributed by atoms with Gasteiger partial charge in [-0.05, 0) is 12.8 Å². The molecule has 2 aromatic carbocycles. The van der Waals surface area contributed by atoms with Gasteiger partial charge in [-0.15, -0.1) is 0 Å². The molecule has 0 heterocycles. The van der Waals surface area contributed by atoms with E-state index in [-0.39, 0.29) is 19.3 Å². The Hall–Kier alpha value is -0.544. The van der Waals surface area contributed by atoms with Crippen LogP contribution in [0.3, 0.4) is 0 Å². The van der Waals surface area contributed by atoms with E-state index >= 15 is 0 Å². The van der Waals surface area contributed by atoms with E-state index in [1.165, 1.54) is 108 Å². The molecule has 0 unspecified atom stereocenters. The van der Waals surface area contributed by atoms with E-state index < -0.39 is 0 Å². The van der Waals surface area contributed by atoms with Crippen LogP contribution in [0.4, 0.5) is 0 Å². The highest BCUT2D eigenvalue weighted by atomic mass is 35.5. The molecule has 2 aromatic rings. The monoisotopic (exact) mass is 510 g/mol. The van der Waals surface area contributed by atoms with E-state index in [4.69, 9.17) is 9.07 Å². The molecule has 0 N–H and O–H groups in total. The molecule has 0 saturated heterocycles. The predicted molar refractivity (Wildman–Crippen MR) is 159 cm³/mol. The van der Waals surface area contributed by atoms with Crippen molar-refractivity contribution in [2.24, 2.45) is 0 Å². The van der Waals surface area contributed by atoms with Gasteiger partial charge in [0.25, 0.3) is 0 Å². The van der Waals surface area contributed by atoms with E-state index in [0.29, 0.717) is 0 Å². The van der Waals surface area contributed by atoms with E-state index in [0.717, 1.165) is 15.6 Å². The molecule has 0 radical (unpaired) electrons. The van der Waals surface area contributed by atoms with Crippen molar-refractivity contribution in [1.29, 1.82) is 0 Å². The fourth-order valence-corrected chi connectivity index (χ4v) is 5.85. The molecule has 0 aromatic heterocycles. The number of hydrogen-bond acceptors (Lipinski definition) is 0. The summed E-state index contributed by atoms with van der Waals surface area (Å²) in [6.45, 7) is 4.75. The highest BCUT2D eigenvalue weighted by molar-refractivity contribution is 6.93. The van der Waals surface area contributed by atoms with Crippen LogP contribution >= 0.6 is 9.07 Å². The zero-order valence-electron chi connectivity index (χ0n) is 23.3. The average Bonchev–Trinajstić information content (AvgIpc) is 2.86. The van der Waals surface area contributed by atoms with Gasteiger partial charge in [-0.2, -0.15) is 0 Å². The number of halogens is 1. The average molecular weight is 512 g/mol. The number of benzene rings is 2. The van der Waals surface area contributed by atoms with Gasteiger partial charge in [0, 0.05) is 5.56 Å². The minimum Gasteiger partial charge on any atom is -0.345 e. The van der Waals surface area contributed by atoms with Gasteiger partial charge in [0.15, 0.2) is 0 Å². The molecule has 0 amide bonds. The van der Waals surface area contributed by atoms with E-state index in [1.54, 1.807) is 0 Å². The van der Waals surface area contributed by atoms with Crippen molar-refractivity contribution in [2.45, 2.75) is 108 Å². The minimum atomic E-state index is -0.312. The van der Waals surface area contributed by atoms with Gasteiger partial charge in [-0.3, -0.25) is 0 Å². The van der Waals surface area contributed by atoms with E-state index in [9.17, 15) is 0 Å². The molecule has 1 nitrogen and oxygen atoms in total. The van der Waals surface area contributed by atoms with Crippen molar-refractivity contribution in [3.8, 4) is 0 Å². The molecule has 0 saturated carbocycles. The molecule has 35 heavy (non-hydrogen) atoms.